The van der Waals surface area contributed by atoms with Crippen molar-refractivity contribution in [1.82, 2.24) is 5.32 Å². The van der Waals surface area contributed by atoms with Gasteiger partial charge in [0, 0.05) is 29.3 Å². The molecule has 90 valence electrons. The summed E-state index contributed by atoms with van der Waals surface area (Å²) in [5.74, 6) is 0. The van der Waals surface area contributed by atoms with Gasteiger partial charge in [-0.25, -0.2) is 0 Å². The monoisotopic (exact) mass is 305 g/mol. The van der Waals surface area contributed by atoms with E-state index in [1.165, 1.54) is 0 Å². The van der Waals surface area contributed by atoms with E-state index in [1.807, 2.05) is 18.2 Å². The zero-order chi connectivity index (χ0) is 12.0. The maximum Gasteiger partial charge on any atom is 0.0474 e. The van der Waals surface area contributed by atoms with Gasteiger partial charge in [0.05, 0.1) is 0 Å². The Bertz CT molecular complexity index is 333. The third-order valence-corrected chi connectivity index (χ3v) is 3.23. The fraction of sp³-hybridized carbons (Fsp3) is 0.500. The van der Waals surface area contributed by atoms with Crippen molar-refractivity contribution in [3.63, 3.8) is 0 Å². The first kappa shape index (κ1) is 14.0. The van der Waals surface area contributed by atoms with Crippen molar-refractivity contribution >= 4 is 27.5 Å². The van der Waals surface area contributed by atoms with Crippen molar-refractivity contribution in [2.75, 3.05) is 20.3 Å². The summed E-state index contributed by atoms with van der Waals surface area (Å²) in [5.41, 5.74) is 1.13. The molecule has 0 saturated heterocycles. The number of nitrogens with one attached hydrogen (secondary N) is 1. The number of benzene rings is 1. The highest BCUT2D eigenvalue weighted by atomic mass is 79.9. The second-order valence-electron chi connectivity index (χ2n) is 3.69. The lowest BCUT2D eigenvalue weighted by Crippen LogP contribution is -2.21. The van der Waals surface area contributed by atoms with Crippen LogP contribution in [0.25, 0.3) is 0 Å². The minimum Gasteiger partial charge on any atom is -0.385 e. The van der Waals surface area contributed by atoms with Gasteiger partial charge in [-0.1, -0.05) is 33.6 Å². The number of methoxy groups -OCH3 is 1. The third kappa shape index (κ3) is 4.42. The van der Waals surface area contributed by atoms with Gasteiger partial charge in [0.25, 0.3) is 0 Å². The van der Waals surface area contributed by atoms with Crippen LogP contribution in [0.15, 0.2) is 22.7 Å². The van der Waals surface area contributed by atoms with E-state index in [9.17, 15) is 0 Å². The molecule has 2 nitrogen and oxygen atoms in total. The number of rotatable bonds is 6. The molecule has 0 aliphatic heterocycles. The molecule has 4 heteroatoms. The zero-order valence-corrected chi connectivity index (χ0v) is 11.9. The van der Waals surface area contributed by atoms with E-state index < -0.39 is 0 Å². The summed E-state index contributed by atoms with van der Waals surface area (Å²) in [7, 11) is 1.72. The second kappa shape index (κ2) is 7.28. The van der Waals surface area contributed by atoms with Crippen LogP contribution in [0.5, 0.6) is 0 Å². The normalized spacial score (nSPS) is 12.8. The quantitative estimate of drug-likeness (QED) is 0.807. The molecule has 1 rings (SSSR count). The standard InChI is InChI=1S/C12H17BrClNO/c1-9(15-6-3-7-16-2)11-5-4-10(13)8-12(11)14/h4-5,8-9,15H,3,6-7H2,1-2H3. The molecule has 0 saturated carbocycles. The lowest BCUT2D eigenvalue weighted by atomic mass is 10.1. The van der Waals surface area contributed by atoms with Crippen LogP contribution in [0.4, 0.5) is 0 Å². The lowest BCUT2D eigenvalue weighted by Gasteiger charge is -2.15. The van der Waals surface area contributed by atoms with Crippen molar-refractivity contribution in [2.45, 2.75) is 19.4 Å². The average molecular weight is 307 g/mol. The van der Waals surface area contributed by atoms with Crippen molar-refractivity contribution < 1.29 is 4.74 Å². The Balaban J connectivity index is 2.49. The highest BCUT2D eigenvalue weighted by molar-refractivity contribution is 9.10. The van der Waals surface area contributed by atoms with E-state index in [0.29, 0.717) is 0 Å². The molecule has 0 heterocycles. The molecule has 0 aliphatic rings. The van der Waals surface area contributed by atoms with E-state index >= 15 is 0 Å². The Morgan fingerprint density at radius 3 is 2.88 bits per heavy atom. The zero-order valence-electron chi connectivity index (χ0n) is 9.59. The molecule has 16 heavy (non-hydrogen) atoms. The molecule has 0 fully saturated rings. The van der Waals surface area contributed by atoms with E-state index in [2.05, 4.69) is 28.2 Å². The van der Waals surface area contributed by atoms with Crippen molar-refractivity contribution in [3.8, 4) is 0 Å². The number of hydrogen-bond donors (Lipinski definition) is 1. The highest BCUT2D eigenvalue weighted by Crippen LogP contribution is 2.26. The number of halogens is 2. The number of hydrogen-bond acceptors (Lipinski definition) is 2. The Morgan fingerprint density at radius 2 is 2.25 bits per heavy atom. The van der Waals surface area contributed by atoms with E-state index in [-0.39, 0.29) is 6.04 Å². The summed E-state index contributed by atoms with van der Waals surface area (Å²) in [6.45, 7) is 3.83. The van der Waals surface area contributed by atoms with Crippen molar-refractivity contribution in [3.05, 3.63) is 33.3 Å². The summed E-state index contributed by atoms with van der Waals surface area (Å²) in [4.78, 5) is 0. The van der Waals surface area contributed by atoms with Crippen molar-refractivity contribution in [1.29, 1.82) is 0 Å². The van der Waals surface area contributed by atoms with Crippen LogP contribution in [0.3, 0.4) is 0 Å². The van der Waals surface area contributed by atoms with Gasteiger partial charge < -0.3 is 10.1 Å². The second-order valence-corrected chi connectivity index (χ2v) is 5.01. The van der Waals surface area contributed by atoms with Crippen LogP contribution in [0.1, 0.15) is 24.9 Å². The summed E-state index contributed by atoms with van der Waals surface area (Å²) < 4.78 is 6.00. The van der Waals surface area contributed by atoms with Gasteiger partial charge in [0.2, 0.25) is 0 Å². The molecule has 1 unspecified atom stereocenters. The fourth-order valence-electron chi connectivity index (χ4n) is 1.50. The number of ether oxygens (including phenoxy) is 1. The molecular formula is C12H17BrClNO. The first-order valence-electron chi connectivity index (χ1n) is 5.32. The van der Waals surface area contributed by atoms with Crippen LogP contribution in [0.2, 0.25) is 5.02 Å². The predicted octanol–water partition coefficient (Wildman–Crippen LogP) is 3.79. The maximum atomic E-state index is 6.17. The highest BCUT2D eigenvalue weighted by Gasteiger charge is 2.08. The van der Waals surface area contributed by atoms with E-state index in [1.54, 1.807) is 7.11 Å². The first-order chi connectivity index (χ1) is 7.65. The Hall–Kier alpha value is -0.0900. The van der Waals surface area contributed by atoms with Crippen LogP contribution >= 0.6 is 27.5 Å². The summed E-state index contributed by atoms with van der Waals surface area (Å²) in [6, 6.07) is 6.23. The molecule has 0 amide bonds. The summed E-state index contributed by atoms with van der Waals surface area (Å²) in [5, 5.41) is 4.21. The molecular weight excluding hydrogens is 289 g/mol. The molecule has 1 N–H and O–H groups in total. The van der Waals surface area contributed by atoms with Gasteiger partial charge in [-0.15, -0.1) is 0 Å². The smallest absolute Gasteiger partial charge is 0.0474 e. The maximum absolute atomic E-state index is 6.17. The molecule has 0 radical (unpaired) electrons. The van der Waals surface area contributed by atoms with Crippen molar-refractivity contribution in [2.24, 2.45) is 0 Å². The third-order valence-electron chi connectivity index (χ3n) is 2.40. The molecule has 1 aromatic rings. The SMILES string of the molecule is COCCCNC(C)c1ccc(Br)cc1Cl. The minimum atomic E-state index is 0.262. The molecule has 1 atom stereocenters. The first-order valence-corrected chi connectivity index (χ1v) is 6.49. The van der Waals surface area contributed by atoms with Gasteiger partial charge in [-0.2, -0.15) is 0 Å². The molecule has 0 spiro atoms. The lowest BCUT2D eigenvalue weighted by molar-refractivity contribution is 0.193. The molecule has 0 aromatic heterocycles. The van der Waals surface area contributed by atoms with Crippen LogP contribution in [0, 0.1) is 0 Å². The summed E-state index contributed by atoms with van der Waals surface area (Å²) in [6.07, 6.45) is 1.01. The Kier molecular flexibility index (Phi) is 6.36. The van der Waals surface area contributed by atoms with Crippen LogP contribution in [-0.2, 0) is 4.74 Å². The average Bonchev–Trinajstić information content (AvgIpc) is 2.24. The minimum absolute atomic E-state index is 0.262. The van der Waals surface area contributed by atoms with Gasteiger partial charge in [0.15, 0.2) is 0 Å². The van der Waals surface area contributed by atoms with Crippen LogP contribution in [-0.4, -0.2) is 20.3 Å². The van der Waals surface area contributed by atoms with E-state index in [0.717, 1.165) is 34.6 Å². The predicted molar refractivity (Wildman–Crippen MR) is 72.1 cm³/mol. The topological polar surface area (TPSA) is 21.3 Å². The molecule has 0 aliphatic carbocycles. The van der Waals surface area contributed by atoms with Crippen LogP contribution < -0.4 is 5.32 Å². The van der Waals surface area contributed by atoms with E-state index in [4.69, 9.17) is 16.3 Å². The molecule has 0 bridgehead atoms. The fourth-order valence-corrected chi connectivity index (χ4v) is 2.33. The van der Waals surface area contributed by atoms with Gasteiger partial charge >= 0.3 is 0 Å². The summed E-state index contributed by atoms with van der Waals surface area (Å²) >= 11 is 9.57. The Morgan fingerprint density at radius 1 is 1.50 bits per heavy atom. The largest absolute Gasteiger partial charge is 0.385 e. The van der Waals surface area contributed by atoms with Gasteiger partial charge in [-0.3, -0.25) is 0 Å². The van der Waals surface area contributed by atoms with Gasteiger partial charge in [-0.05, 0) is 37.6 Å². The van der Waals surface area contributed by atoms with Gasteiger partial charge in [0.1, 0.15) is 0 Å². The molecule has 1 aromatic carbocycles. The Labute approximate surface area is 110 Å².